The van der Waals surface area contributed by atoms with Gasteiger partial charge in [-0.15, -0.1) is 0 Å². The van der Waals surface area contributed by atoms with Crippen LogP contribution in [0.5, 0.6) is 0 Å². The van der Waals surface area contributed by atoms with E-state index in [4.69, 9.17) is 17.3 Å². The molecule has 1 aromatic carbocycles. The molecule has 0 saturated carbocycles. The first-order valence-electron chi connectivity index (χ1n) is 6.50. The van der Waals surface area contributed by atoms with Gasteiger partial charge in [0.25, 0.3) is 0 Å². The monoisotopic (exact) mass is 353 g/mol. The van der Waals surface area contributed by atoms with E-state index in [0.717, 1.165) is 29.8 Å². The third-order valence-corrected chi connectivity index (χ3v) is 3.65. The van der Waals surface area contributed by atoms with E-state index in [1.807, 2.05) is 24.3 Å². The van der Waals surface area contributed by atoms with E-state index in [9.17, 15) is 0 Å². The van der Waals surface area contributed by atoms with Crippen LogP contribution >= 0.6 is 27.5 Å². The van der Waals surface area contributed by atoms with Crippen molar-refractivity contribution < 1.29 is 0 Å². The summed E-state index contributed by atoms with van der Waals surface area (Å²) >= 11 is 9.68. The topological polar surface area (TPSA) is 42.1 Å². The van der Waals surface area contributed by atoms with Crippen molar-refractivity contribution >= 4 is 33.3 Å². The molecule has 0 fully saturated rings. The Kier molecular flexibility index (Phi) is 5.83. The summed E-state index contributed by atoms with van der Waals surface area (Å²) in [6.07, 6.45) is 2.67. The lowest BCUT2D eigenvalue weighted by Gasteiger charge is -2.24. The van der Waals surface area contributed by atoms with E-state index < -0.39 is 0 Å². The van der Waals surface area contributed by atoms with Crippen molar-refractivity contribution in [3.8, 4) is 0 Å². The lowest BCUT2D eigenvalue weighted by Crippen LogP contribution is -2.26. The van der Waals surface area contributed by atoms with Crippen LogP contribution in [-0.2, 0) is 6.54 Å². The Morgan fingerprint density at radius 1 is 1.25 bits per heavy atom. The van der Waals surface area contributed by atoms with Gasteiger partial charge in [0.15, 0.2) is 0 Å². The fourth-order valence-corrected chi connectivity index (χ4v) is 2.73. The second-order valence-corrected chi connectivity index (χ2v) is 5.83. The van der Waals surface area contributed by atoms with Gasteiger partial charge in [-0.05, 0) is 40.5 Å². The number of nitrogens with zero attached hydrogens (tertiary/aromatic N) is 2. The molecule has 0 aliphatic carbocycles. The van der Waals surface area contributed by atoms with Crippen molar-refractivity contribution in [3.05, 3.63) is 57.7 Å². The number of hydrogen-bond donors (Lipinski definition) is 1. The van der Waals surface area contributed by atoms with Crippen molar-refractivity contribution in [1.29, 1.82) is 0 Å². The summed E-state index contributed by atoms with van der Waals surface area (Å²) in [4.78, 5) is 6.60. The summed E-state index contributed by atoms with van der Waals surface area (Å²) in [5.74, 6) is 0.798. The smallest absolute Gasteiger partial charge is 0.147 e. The molecule has 1 heterocycles. The summed E-state index contributed by atoms with van der Waals surface area (Å²) in [7, 11) is 0. The summed E-state index contributed by atoms with van der Waals surface area (Å²) in [6.45, 7) is 2.26. The van der Waals surface area contributed by atoms with Crippen LogP contribution in [0.25, 0.3) is 0 Å². The van der Waals surface area contributed by atoms with Crippen molar-refractivity contribution in [2.45, 2.75) is 13.0 Å². The molecule has 0 radical (unpaired) electrons. The Morgan fingerprint density at radius 3 is 2.65 bits per heavy atom. The molecule has 0 aliphatic rings. The number of benzene rings is 1. The minimum atomic E-state index is 0.646. The molecule has 1 aromatic heterocycles. The molecule has 5 heteroatoms. The van der Waals surface area contributed by atoms with Gasteiger partial charge in [0, 0.05) is 23.8 Å². The summed E-state index contributed by atoms with van der Waals surface area (Å²) in [5, 5.41) is 0.646. The first-order valence-corrected chi connectivity index (χ1v) is 7.68. The molecular formula is C15H17BrClN3. The number of rotatable bonds is 6. The summed E-state index contributed by atoms with van der Waals surface area (Å²) < 4.78 is 0.879. The number of halogens is 2. The molecule has 0 saturated heterocycles. The van der Waals surface area contributed by atoms with Crippen LogP contribution in [0.4, 0.5) is 5.82 Å². The molecule has 0 bridgehead atoms. The highest BCUT2D eigenvalue weighted by Gasteiger charge is 2.12. The molecule has 2 aromatic rings. The maximum atomic E-state index is 6.30. The largest absolute Gasteiger partial charge is 0.351 e. The van der Waals surface area contributed by atoms with Crippen LogP contribution < -0.4 is 10.6 Å². The van der Waals surface area contributed by atoms with E-state index in [1.165, 1.54) is 5.56 Å². The van der Waals surface area contributed by atoms with Gasteiger partial charge in [-0.2, -0.15) is 0 Å². The first-order chi connectivity index (χ1) is 9.70. The second-order valence-electron chi connectivity index (χ2n) is 4.51. The molecule has 3 nitrogen and oxygen atoms in total. The lowest BCUT2D eigenvalue weighted by molar-refractivity contribution is 0.726. The average Bonchev–Trinajstić information content (AvgIpc) is 2.45. The minimum absolute atomic E-state index is 0.646. The Bertz CT molecular complexity index is 548. The van der Waals surface area contributed by atoms with Crippen molar-refractivity contribution in [3.63, 3.8) is 0 Å². The van der Waals surface area contributed by atoms with Crippen molar-refractivity contribution in [2.75, 3.05) is 18.0 Å². The van der Waals surface area contributed by atoms with Crippen LogP contribution in [0.1, 0.15) is 12.0 Å². The number of anilines is 1. The van der Waals surface area contributed by atoms with Crippen LogP contribution in [0.15, 0.2) is 47.1 Å². The van der Waals surface area contributed by atoms with Gasteiger partial charge < -0.3 is 10.6 Å². The molecule has 0 amide bonds. The average molecular weight is 355 g/mol. The molecule has 0 aliphatic heterocycles. The highest BCUT2D eigenvalue weighted by atomic mass is 79.9. The van der Waals surface area contributed by atoms with Gasteiger partial charge in [-0.1, -0.05) is 41.9 Å². The van der Waals surface area contributed by atoms with Crippen LogP contribution in [0.2, 0.25) is 5.02 Å². The highest BCUT2D eigenvalue weighted by molar-refractivity contribution is 9.10. The van der Waals surface area contributed by atoms with Crippen molar-refractivity contribution in [1.82, 2.24) is 4.98 Å². The Balaban J connectivity index is 2.22. The molecule has 2 rings (SSSR count). The standard InChI is InChI=1S/C15H17BrClN3/c16-13-9-14(17)15(19-10-13)20(8-4-7-18)11-12-5-2-1-3-6-12/h1-3,5-6,9-10H,4,7-8,11,18H2. The molecule has 0 spiro atoms. The fraction of sp³-hybridized carbons (Fsp3) is 0.267. The first kappa shape index (κ1) is 15.3. The number of hydrogen-bond acceptors (Lipinski definition) is 3. The van der Waals surface area contributed by atoms with Crippen LogP contribution in [0.3, 0.4) is 0 Å². The number of aromatic nitrogens is 1. The lowest BCUT2D eigenvalue weighted by atomic mass is 10.2. The van der Waals surface area contributed by atoms with E-state index in [2.05, 4.69) is 37.9 Å². The number of pyridine rings is 1. The van der Waals surface area contributed by atoms with Crippen LogP contribution in [0, 0.1) is 0 Å². The van der Waals surface area contributed by atoms with E-state index in [-0.39, 0.29) is 0 Å². The quantitative estimate of drug-likeness (QED) is 0.856. The molecule has 106 valence electrons. The zero-order valence-corrected chi connectivity index (χ0v) is 13.4. The van der Waals surface area contributed by atoms with Gasteiger partial charge in [-0.3, -0.25) is 0 Å². The molecule has 0 unspecified atom stereocenters. The third-order valence-electron chi connectivity index (χ3n) is 2.94. The molecule has 0 atom stereocenters. The Hall–Kier alpha value is -1.10. The normalized spacial score (nSPS) is 10.6. The molecular weight excluding hydrogens is 338 g/mol. The SMILES string of the molecule is NCCCN(Cc1ccccc1)c1ncc(Br)cc1Cl. The third kappa shape index (κ3) is 4.20. The summed E-state index contributed by atoms with van der Waals surface area (Å²) in [6, 6.07) is 12.1. The van der Waals surface area contributed by atoms with Gasteiger partial charge >= 0.3 is 0 Å². The van der Waals surface area contributed by atoms with Crippen LogP contribution in [-0.4, -0.2) is 18.1 Å². The van der Waals surface area contributed by atoms with Gasteiger partial charge in [-0.25, -0.2) is 4.98 Å². The maximum absolute atomic E-state index is 6.30. The maximum Gasteiger partial charge on any atom is 0.147 e. The zero-order chi connectivity index (χ0) is 14.4. The summed E-state index contributed by atoms with van der Waals surface area (Å²) in [5.41, 5.74) is 6.85. The second kappa shape index (κ2) is 7.62. The van der Waals surface area contributed by atoms with Crippen molar-refractivity contribution in [2.24, 2.45) is 5.73 Å². The Labute approximate surface area is 132 Å². The van der Waals surface area contributed by atoms with Gasteiger partial charge in [0.2, 0.25) is 0 Å². The highest BCUT2D eigenvalue weighted by Crippen LogP contribution is 2.27. The van der Waals surface area contributed by atoms with Gasteiger partial charge in [0.1, 0.15) is 5.82 Å². The van der Waals surface area contributed by atoms with Gasteiger partial charge in [0.05, 0.1) is 5.02 Å². The number of nitrogens with two attached hydrogens (primary N) is 1. The van der Waals surface area contributed by atoms with E-state index in [1.54, 1.807) is 6.20 Å². The fourth-order valence-electron chi connectivity index (χ4n) is 1.99. The van der Waals surface area contributed by atoms with E-state index in [0.29, 0.717) is 11.6 Å². The molecule has 20 heavy (non-hydrogen) atoms. The predicted molar refractivity (Wildman–Crippen MR) is 88.1 cm³/mol. The molecule has 2 N–H and O–H groups in total. The Morgan fingerprint density at radius 2 is 2.00 bits per heavy atom. The minimum Gasteiger partial charge on any atom is -0.351 e. The zero-order valence-electron chi connectivity index (χ0n) is 11.1. The predicted octanol–water partition coefficient (Wildman–Crippen LogP) is 3.85. The van der Waals surface area contributed by atoms with E-state index >= 15 is 0 Å².